The first-order valence-corrected chi connectivity index (χ1v) is 11.0. The van der Waals surface area contributed by atoms with Gasteiger partial charge in [0.25, 0.3) is 11.4 Å². The fourth-order valence-electron chi connectivity index (χ4n) is 3.68. The van der Waals surface area contributed by atoms with Gasteiger partial charge in [0.15, 0.2) is 5.69 Å². The zero-order valence-corrected chi connectivity index (χ0v) is 18.8. The van der Waals surface area contributed by atoms with E-state index in [1.807, 2.05) is 56.3 Å². The summed E-state index contributed by atoms with van der Waals surface area (Å²) < 4.78 is 17.9. The fraction of sp³-hybridized carbons (Fsp3) is 0.154. The molecule has 5 aromatic rings. The van der Waals surface area contributed by atoms with Gasteiger partial charge in [0, 0.05) is 10.9 Å². The standard InChI is InChI=1S/C26H22N4O4/c1-3-32-19-13-9-17(10-14-19)24-27-25(34-29-24)23-21-7-5-6-8-22(21)26(31)30(28-23)18-11-15-20(16-12-18)33-4-2/h5-16H,3-4H2,1-2H3. The van der Waals surface area contributed by atoms with E-state index in [-0.39, 0.29) is 11.4 Å². The summed E-state index contributed by atoms with van der Waals surface area (Å²) in [5.74, 6) is 2.13. The third kappa shape index (κ3) is 4.01. The number of hydrogen-bond acceptors (Lipinski definition) is 7. The smallest absolute Gasteiger partial charge is 0.279 e. The van der Waals surface area contributed by atoms with Crippen molar-refractivity contribution in [3.05, 3.63) is 83.2 Å². The highest BCUT2D eigenvalue weighted by Gasteiger charge is 2.19. The molecule has 34 heavy (non-hydrogen) atoms. The Balaban J connectivity index is 1.60. The molecule has 0 saturated heterocycles. The molecule has 0 aliphatic rings. The quantitative estimate of drug-likeness (QED) is 0.345. The number of ether oxygens (including phenoxy) is 2. The zero-order valence-electron chi connectivity index (χ0n) is 18.8. The van der Waals surface area contributed by atoms with Crippen LogP contribution in [0.5, 0.6) is 11.5 Å². The Kier molecular flexibility index (Phi) is 5.78. The van der Waals surface area contributed by atoms with E-state index in [1.54, 1.807) is 30.3 Å². The van der Waals surface area contributed by atoms with Gasteiger partial charge >= 0.3 is 0 Å². The molecule has 0 N–H and O–H groups in total. The van der Waals surface area contributed by atoms with Gasteiger partial charge in [-0.1, -0.05) is 23.4 Å². The Morgan fingerprint density at radius 1 is 0.824 bits per heavy atom. The second kappa shape index (κ2) is 9.19. The molecule has 3 aromatic carbocycles. The highest BCUT2D eigenvalue weighted by atomic mass is 16.5. The molecule has 0 spiro atoms. The summed E-state index contributed by atoms with van der Waals surface area (Å²) in [6.45, 7) is 5.01. The lowest BCUT2D eigenvalue weighted by Crippen LogP contribution is -2.22. The summed E-state index contributed by atoms with van der Waals surface area (Å²) in [7, 11) is 0. The molecular formula is C26H22N4O4. The maximum atomic E-state index is 13.2. The summed E-state index contributed by atoms with van der Waals surface area (Å²) in [6, 6.07) is 21.9. The average molecular weight is 454 g/mol. The maximum absolute atomic E-state index is 13.2. The van der Waals surface area contributed by atoms with Crippen LogP contribution in [-0.4, -0.2) is 33.1 Å². The first-order chi connectivity index (χ1) is 16.7. The number of nitrogens with zero attached hydrogens (tertiary/aromatic N) is 4. The van der Waals surface area contributed by atoms with Gasteiger partial charge in [-0.15, -0.1) is 0 Å². The number of aromatic nitrogens is 4. The molecule has 0 radical (unpaired) electrons. The van der Waals surface area contributed by atoms with Gasteiger partial charge in [-0.2, -0.15) is 14.8 Å². The molecule has 170 valence electrons. The predicted molar refractivity (Wildman–Crippen MR) is 128 cm³/mol. The van der Waals surface area contributed by atoms with E-state index in [0.717, 1.165) is 17.1 Å². The van der Waals surface area contributed by atoms with Crippen LogP contribution in [0.15, 0.2) is 82.1 Å². The van der Waals surface area contributed by atoms with E-state index in [9.17, 15) is 4.79 Å². The molecule has 0 atom stereocenters. The van der Waals surface area contributed by atoms with Crippen LogP contribution in [0.4, 0.5) is 0 Å². The number of hydrogen-bond donors (Lipinski definition) is 0. The van der Waals surface area contributed by atoms with Crippen LogP contribution in [0, 0.1) is 0 Å². The lowest BCUT2D eigenvalue weighted by molar-refractivity contribution is 0.340. The summed E-state index contributed by atoms with van der Waals surface area (Å²) in [4.78, 5) is 17.8. The maximum Gasteiger partial charge on any atom is 0.279 e. The van der Waals surface area contributed by atoms with Crippen molar-refractivity contribution in [2.75, 3.05) is 13.2 Å². The molecule has 0 unspecified atom stereocenters. The minimum absolute atomic E-state index is 0.222. The largest absolute Gasteiger partial charge is 0.494 e. The van der Waals surface area contributed by atoms with Crippen LogP contribution in [-0.2, 0) is 0 Å². The summed E-state index contributed by atoms with van der Waals surface area (Å²) in [5.41, 5.74) is 1.57. The van der Waals surface area contributed by atoms with Gasteiger partial charge in [0.2, 0.25) is 5.82 Å². The van der Waals surface area contributed by atoms with Crippen molar-refractivity contribution >= 4 is 10.8 Å². The summed E-state index contributed by atoms with van der Waals surface area (Å²) in [5, 5.41) is 9.88. The monoisotopic (exact) mass is 454 g/mol. The van der Waals surface area contributed by atoms with E-state index in [1.165, 1.54) is 4.68 Å². The number of benzene rings is 3. The van der Waals surface area contributed by atoms with Crippen LogP contribution >= 0.6 is 0 Å². The molecule has 0 aliphatic carbocycles. The van der Waals surface area contributed by atoms with Gasteiger partial charge in [-0.25, -0.2) is 0 Å². The Labute approximate surface area is 195 Å². The minimum Gasteiger partial charge on any atom is -0.494 e. The van der Waals surface area contributed by atoms with Crippen LogP contribution in [0.3, 0.4) is 0 Å². The molecule has 5 rings (SSSR count). The summed E-state index contributed by atoms with van der Waals surface area (Å²) >= 11 is 0. The van der Waals surface area contributed by atoms with Gasteiger partial charge in [-0.05, 0) is 68.4 Å². The molecule has 0 amide bonds. The van der Waals surface area contributed by atoms with Crippen molar-refractivity contribution in [2.24, 2.45) is 0 Å². The Morgan fingerprint density at radius 2 is 1.44 bits per heavy atom. The highest BCUT2D eigenvalue weighted by Crippen LogP contribution is 2.27. The molecular weight excluding hydrogens is 432 g/mol. The lowest BCUT2D eigenvalue weighted by Gasteiger charge is -2.10. The van der Waals surface area contributed by atoms with Crippen LogP contribution in [0.25, 0.3) is 39.4 Å². The van der Waals surface area contributed by atoms with Gasteiger partial charge in [-0.3, -0.25) is 4.79 Å². The second-order valence-corrected chi connectivity index (χ2v) is 7.42. The van der Waals surface area contributed by atoms with Crippen molar-refractivity contribution in [3.8, 4) is 40.2 Å². The zero-order chi connectivity index (χ0) is 23.5. The normalized spacial score (nSPS) is 11.0. The Bertz CT molecular complexity index is 1490. The van der Waals surface area contributed by atoms with Crippen molar-refractivity contribution < 1.29 is 14.0 Å². The van der Waals surface area contributed by atoms with E-state index >= 15 is 0 Å². The Morgan fingerprint density at radius 3 is 2.09 bits per heavy atom. The highest BCUT2D eigenvalue weighted by molar-refractivity contribution is 5.92. The van der Waals surface area contributed by atoms with Gasteiger partial charge in [0.1, 0.15) is 11.5 Å². The lowest BCUT2D eigenvalue weighted by atomic mass is 10.1. The van der Waals surface area contributed by atoms with Crippen molar-refractivity contribution in [3.63, 3.8) is 0 Å². The third-order valence-electron chi connectivity index (χ3n) is 5.25. The molecule has 2 heterocycles. The Hall–Kier alpha value is -4.46. The second-order valence-electron chi connectivity index (χ2n) is 7.42. The SMILES string of the molecule is CCOc1ccc(-c2noc(-c3nn(-c4ccc(OCC)cc4)c(=O)c4ccccc34)n2)cc1. The van der Waals surface area contributed by atoms with Gasteiger partial charge in [0.05, 0.1) is 24.3 Å². The van der Waals surface area contributed by atoms with Crippen LogP contribution in [0.1, 0.15) is 13.8 Å². The molecule has 0 aliphatic heterocycles. The third-order valence-corrected chi connectivity index (χ3v) is 5.25. The van der Waals surface area contributed by atoms with E-state index in [0.29, 0.717) is 41.2 Å². The van der Waals surface area contributed by atoms with E-state index in [4.69, 9.17) is 14.0 Å². The minimum atomic E-state index is -0.241. The predicted octanol–water partition coefficient (Wildman–Crippen LogP) is 4.90. The molecule has 0 fully saturated rings. The van der Waals surface area contributed by atoms with E-state index in [2.05, 4.69) is 15.2 Å². The number of rotatable bonds is 7. The van der Waals surface area contributed by atoms with Crippen molar-refractivity contribution in [1.29, 1.82) is 0 Å². The topological polar surface area (TPSA) is 92.3 Å². The van der Waals surface area contributed by atoms with Crippen molar-refractivity contribution in [1.82, 2.24) is 19.9 Å². The van der Waals surface area contributed by atoms with E-state index < -0.39 is 0 Å². The van der Waals surface area contributed by atoms with Crippen LogP contribution in [0.2, 0.25) is 0 Å². The fourth-order valence-corrected chi connectivity index (χ4v) is 3.68. The summed E-state index contributed by atoms with van der Waals surface area (Å²) in [6.07, 6.45) is 0. The molecule has 0 bridgehead atoms. The number of fused-ring (bicyclic) bond motifs is 1. The molecule has 0 saturated carbocycles. The first-order valence-electron chi connectivity index (χ1n) is 11.0. The molecule has 2 aromatic heterocycles. The average Bonchev–Trinajstić information content (AvgIpc) is 3.36. The molecule has 8 heteroatoms. The van der Waals surface area contributed by atoms with Gasteiger partial charge < -0.3 is 14.0 Å². The molecule has 8 nitrogen and oxygen atoms in total. The first kappa shape index (κ1) is 21.4. The van der Waals surface area contributed by atoms with Crippen molar-refractivity contribution in [2.45, 2.75) is 13.8 Å². The van der Waals surface area contributed by atoms with Crippen LogP contribution < -0.4 is 15.0 Å².